The number of hydrazine groups is 1. The Morgan fingerprint density at radius 3 is 2.56 bits per heavy atom. The molecule has 0 radical (unpaired) electrons. The van der Waals surface area contributed by atoms with Gasteiger partial charge in [0.05, 0.1) is 36.7 Å². The molecule has 3 N–H and O–H groups in total. The van der Waals surface area contributed by atoms with E-state index in [0.717, 1.165) is 57.2 Å². The number of ether oxygens (including phenoxy) is 1. The molecule has 12 nitrogen and oxygen atoms in total. The van der Waals surface area contributed by atoms with Crippen LogP contribution in [0.15, 0.2) is 18.3 Å². The zero-order valence-electron chi connectivity index (χ0n) is 22.7. The van der Waals surface area contributed by atoms with Crippen LogP contribution in [0.3, 0.4) is 0 Å². The molecule has 2 aliphatic heterocycles. The molecule has 1 aliphatic carbocycles. The maximum Gasteiger partial charge on any atom is 0.344 e. The number of carbonyl (C=O) groups is 2. The first kappa shape index (κ1) is 26.5. The lowest BCUT2D eigenvalue weighted by atomic mass is 9.85. The molecular weight excluding hydrogens is 498 g/mol. The molecule has 0 spiro atoms. The molecule has 2 fully saturated rings. The van der Waals surface area contributed by atoms with Crippen LogP contribution in [-0.4, -0.2) is 78.7 Å². The van der Waals surface area contributed by atoms with Gasteiger partial charge in [-0.1, -0.05) is 18.9 Å². The van der Waals surface area contributed by atoms with Crippen LogP contribution in [0.4, 0.5) is 27.9 Å². The van der Waals surface area contributed by atoms with Crippen LogP contribution in [0.1, 0.15) is 60.4 Å². The molecule has 1 saturated carbocycles. The Hall–Kier alpha value is -4.11. The highest BCUT2D eigenvalue weighted by molar-refractivity contribution is 6.00. The zero-order chi connectivity index (χ0) is 27.7. The molecule has 3 heterocycles. The van der Waals surface area contributed by atoms with Gasteiger partial charge in [-0.3, -0.25) is 14.7 Å². The molecule has 206 valence electrons. The lowest BCUT2D eigenvalue weighted by Crippen LogP contribution is -2.59. The van der Waals surface area contributed by atoms with Crippen molar-refractivity contribution in [1.82, 2.24) is 19.9 Å². The maximum absolute atomic E-state index is 13.1. The van der Waals surface area contributed by atoms with Crippen molar-refractivity contribution >= 4 is 35.1 Å². The number of hydrogen-bond acceptors (Lipinski definition) is 9. The van der Waals surface area contributed by atoms with Gasteiger partial charge in [0.15, 0.2) is 11.6 Å². The van der Waals surface area contributed by atoms with Crippen molar-refractivity contribution in [3.8, 4) is 11.8 Å². The molecule has 5 rings (SSSR count). The number of methoxy groups -OCH3 is 1. The van der Waals surface area contributed by atoms with Gasteiger partial charge in [0.25, 0.3) is 5.91 Å². The quantitative estimate of drug-likeness (QED) is 0.513. The van der Waals surface area contributed by atoms with Crippen LogP contribution in [0.25, 0.3) is 0 Å². The number of nitrogens with two attached hydrogens (primary N) is 1. The molecule has 39 heavy (non-hydrogen) atoms. The van der Waals surface area contributed by atoms with E-state index in [1.165, 1.54) is 17.0 Å². The molecular formula is C27H35N9O3. The van der Waals surface area contributed by atoms with Crippen LogP contribution in [0, 0.1) is 11.3 Å². The first-order valence-corrected chi connectivity index (χ1v) is 13.4. The average molecular weight is 534 g/mol. The van der Waals surface area contributed by atoms with Crippen molar-refractivity contribution in [2.75, 3.05) is 56.1 Å². The number of likely N-dealkylation sites (tertiary alicyclic amines) is 1. The zero-order valence-corrected chi connectivity index (χ0v) is 22.7. The minimum atomic E-state index is -0.546. The average Bonchev–Trinajstić information content (AvgIpc) is 3.46. The molecule has 0 unspecified atom stereocenters. The predicted octanol–water partition coefficient (Wildman–Crippen LogP) is 3.20. The third-order valence-electron chi connectivity index (χ3n) is 8.03. The summed E-state index contributed by atoms with van der Waals surface area (Å²) in [5.41, 5.74) is 8.22. The highest BCUT2D eigenvalue weighted by Crippen LogP contribution is 2.41. The summed E-state index contributed by atoms with van der Waals surface area (Å²) >= 11 is 0. The summed E-state index contributed by atoms with van der Waals surface area (Å²) < 4.78 is 5.72. The van der Waals surface area contributed by atoms with E-state index in [4.69, 9.17) is 15.5 Å². The van der Waals surface area contributed by atoms with Gasteiger partial charge in [0.2, 0.25) is 5.95 Å². The Kier molecular flexibility index (Phi) is 7.43. The molecule has 0 atom stereocenters. The van der Waals surface area contributed by atoms with Gasteiger partial charge in [-0.15, -0.1) is 0 Å². The van der Waals surface area contributed by atoms with Crippen molar-refractivity contribution in [3.05, 3.63) is 29.5 Å². The van der Waals surface area contributed by atoms with Crippen LogP contribution >= 0.6 is 0 Å². The number of benzene rings is 1. The number of fused-ring (bicyclic) bond motifs is 1. The van der Waals surface area contributed by atoms with Gasteiger partial charge in [0.1, 0.15) is 12.2 Å². The number of anilines is 4. The molecule has 1 aromatic carbocycles. The second kappa shape index (κ2) is 10.9. The van der Waals surface area contributed by atoms with Gasteiger partial charge < -0.3 is 20.7 Å². The second-order valence-corrected chi connectivity index (χ2v) is 10.4. The van der Waals surface area contributed by atoms with Gasteiger partial charge >= 0.3 is 6.03 Å². The Labute approximate surface area is 228 Å². The van der Waals surface area contributed by atoms with Crippen molar-refractivity contribution in [1.29, 1.82) is 5.26 Å². The fraction of sp³-hybridized carbons (Fsp3) is 0.519. The number of nitriles is 1. The van der Waals surface area contributed by atoms with Gasteiger partial charge in [-0.2, -0.15) is 10.2 Å². The number of carbonyl (C=O) groups excluding carboxylic acids is 2. The molecule has 1 saturated heterocycles. The molecule has 1 aromatic heterocycles. The monoisotopic (exact) mass is 533 g/mol. The SMILES string of the molecule is COc1c(Nc2ncc3c(n2)N(C2CCCC2)N(CC#N)C(=O)N3C)ccc(C2CCN(C)CC2)c1C(N)=O. The predicted molar refractivity (Wildman–Crippen MR) is 147 cm³/mol. The summed E-state index contributed by atoms with van der Waals surface area (Å²) in [5, 5.41) is 16.0. The first-order chi connectivity index (χ1) is 18.8. The third-order valence-corrected chi connectivity index (χ3v) is 8.03. The molecule has 12 heteroatoms. The van der Waals surface area contributed by atoms with E-state index in [-0.39, 0.29) is 30.5 Å². The van der Waals surface area contributed by atoms with Crippen LogP contribution in [0.5, 0.6) is 5.75 Å². The summed E-state index contributed by atoms with van der Waals surface area (Å²) in [6.07, 6.45) is 7.37. The minimum absolute atomic E-state index is 0.0577. The topological polar surface area (TPSA) is 144 Å². The summed E-state index contributed by atoms with van der Waals surface area (Å²) in [4.78, 5) is 38.8. The number of nitrogens with one attached hydrogen (secondary N) is 1. The van der Waals surface area contributed by atoms with E-state index < -0.39 is 5.91 Å². The standard InChI is InChI=1S/C27H35N9O3/c1-33-13-10-17(11-14-33)19-8-9-20(23(39-3)22(19)24(29)37)31-26-30-16-21-25(32-26)36(18-6-4-5-7-18)35(15-12-28)27(38)34(21)2/h8-9,16-18H,4-7,10-11,13-15H2,1-3H3,(H2,29,37)(H,30,31,32). The smallest absolute Gasteiger partial charge is 0.344 e. The van der Waals surface area contributed by atoms with Crippen molar-refractivity contribution in [2.24, 2.45) is 5.73 Å². The lowest BCUT2D eigenvalue weighted by Gasteiger charge is -2.45. The van der Waals surface area contributed by atoms with E-state index in [2.05, 4.69) is 28.3 Å². The normalized spacial score (nSPS) is 18.7. The molecule has 2 aromatic rings. The van der Waals surface area contributed by atoms with E-state index in [0.29, 0.717) is 28.5 Å². The number of primary amides is 1. The second-order valence-electron chi connectivity index (χ2n) is 10.4. The number of urea groups is 1. The van der Waals surface area contributed by atoms with Gasteiger partial charge in [-0.05, 0) is 63.4 Å². The molecule has 3 aliphatic rings. The van der Waals surface area contributed by atoms with Crippen LogP contribution in [-0.2, 0) is 0 Å². The first-order valence-electron chi connectivity index (χ1n) is 13.4. The lowest BCUT2D eigenvalue weighted by molar-refractivity contribution is 0.0995. The van der Waals surface area contributed by atoms with Crippen molar-refractivity contribution in [2.45, 2.75) is 50.5 Å². The largest absolute Gasteiger partial charge is 0.494 e. The number of hydrogen-bond donors (Lipinski definition) is 2. The van der Waals surface area contributed by atoms with Crippen molar-refractivity contribution in [3.63, 3.8) is 0 Å². The minimum Gasteiger partial charge on any atom is -0.494 e. The van der Waals surface area contributed by atoms with Gasteiger partial charge in [0, 0.05) is 7.05 Å². The summed E-state index contributed by atoms with van der Waals surface area (Å²) in [6.45, 7) is 1.82. The highest BCUT2D eigenvalue weighted by Gasteiger charge is 2.40. The maximum atomic E-state index is 13.1. The fourth-order valence-electron chi connectivity index (χ4n) is 5.99. The van der Waals surface area contributed by atoms with Crippen LogP contribution in [0.2, 0.25) is 0 Å². The van der Waals surface area contributed by atoms with E-state index >= 15 is 0 Å². The highest BCUT2D eigenvalue weighted by atomic mass is 16.5. The third kappa shape index (κ3) is 4.90. The Bertz CT molecular complexity index is 1300. The number of nitrogens with zero attached hydrogens (tertiary/aromatic N) is 7. The number of amides is 3. The summed E-state index contributed by atoms with van der Waals surface area (Å²) in [5.74, 6) is 0.846. The summed E-state index contributed by atoms with van der Waals surface area (Å²) in [7, 11) is 5.26. The molecule has 0 bridgehead atoms. The van der Waals surface area contributed by atoms with Crippen molar-refractivity contribution < 1.29 is 14.3 Å². The number of rotatable bonds is 7. The fourth-order valence-corrected chi connectivity index (χ4v) is 5.99. The number of piperidine rings is 1. The van der Waals surface area contributed by atoms with E-state index in [9.17, 15) is 14.9 Å². The Morgan fingerprint density at radius 2 is 1.92 bits per heavy atom. The Balaban J connectivity index is 1.52. The molecule has 3 amide bonds. The number of aromatic nitrogens is 2. The van der Waals surface area contributed by atoms with Gasteiger partial charge in [-0.25, -0.2) is 14.8 Å². The van der Waals surface area contributed by atoms with Crippen LogP contribution < -0.4 is 25.7 Å². The Morgan fingerprint density at radius 1 is 1.21 bits per heavy atom. The van der Waals surface area contributed by atoms with E-state index in [1.54, 1.807) is 13.2 Å². The summed E-state index contributed by atoms with van der Waals surface area (Å²) in [6, 6.07) is 5.68. The van der Waals surface area contributed by atoms with E-state index in [1.807, 2.05) is 17.1 Å².